The van der Waals surface area contributed by atoms with E-state index in [4.69, 9.17) is 5.26 Å². The molecular weight excluding hydrogens is 294 g/mol. The van der Waals surface area contributed by atoms with Gasteiger partial charge < -0.3 is 10.0 Å². The van der Waals surface area contributed by atoms with Crippen LogP contribution in [0.1, 0.15) is 53.8 Å². The van der Waals surface area contributed by atoms with E-state index in [2.05, 4.69) is 4.98 Å². The first-order valence-electron chi connectivity index (χ1n) is 7.96. The maximum atomic E-state index is 12.9. The van der Waals surface area contributed by atoms with Crippen LogP contribution in [0.2, 0.25) is 0 Å². The standard InChI is InChI=1S/C17H19N3O3/c1-10-12(9-18)6-7-13(19-10)16(21)20-14-5-3-2-4-11(14)8-15(20)17(22)23/h6-7,11,14-15H,2-5,8H2,1H3,(H,22,23)/t11-,14-,15-/m0/s1. The molecule has 3 atom stereocenters. The average molecular weight is 313 g/mol. The molecular formula is C17H19N3O3. The summed E-state index contributed by atoms with van der Waals surface area (Å²) in [6, 6.07) is 4.33. The highest BCUT2D eigenvalue weighted by Gasteiger charge is 2.47. The van der Waals surface area contributed by atoms with Crippen molar-refractivity contribution in [1.82, 2.24) is 9.88 Å². The van der Waals surface area contributed by atoms with Gasteiger partial charge in [-0.1, -0.05) is 12.8 Å². The lowest BCUT2D eigenvalue weighted by molar-refractivity contribution is -0.141. The van der Waals surface area contributed by atoms with Crippen LogP contribution >= 0.6 is 0 Å². The fourth-order valence-corrected chi connectivity index (χ4v) is 3.90. The lowest BCUT2D eigenvalue weighted by Gasteiger charge is -2.32. The summed E-state index contributed by atoms with van der Waals surface area (Å²) in [5, 5.41) is 18.5. The average Bonchev–Trinajstić information content (AvgIpc) is 2.93. The molecule has 1 saturated carbocycles. The third-order valence-corrected chi connectivity index (χ3v) is 5.03. The molecule has 0 spiro atoms. The zero-order valence-electron chi connectivity index (χ0n) is 13.0. The smallest absolute Gasteiger partial charge is 0.326 e. The second-order valence-corrected chi connectivity index (χ2v) is 6.36. The van der Waals surface area contributed by atoms with Gasteiger partial charge in [0, 0.05) is 6.04 Å². The number of fused-ring (bicyclic) bond motifs is 1. The first-order valence-corrected chi connectivity index (χ1v) is 7.96. The summed E-state index contributed by atoms with van der Waals surface area (Å²) in [5.41, 5.74) is 1.14. The fourth-order valence-electron chi connectivity index (χ4n) is 3.90. The predicted octanol–water partition coefficient (Wildman–Crippen LogP) is 2.12. The lowest BCUT2D eigenvalue weighted by Crippen LogP contribution is -2.46. The minimum atomic E-state index is -0.946. The highest BCUT2D eigenvalue weighted by Crippen LogP contribution is 2.40. The molecule has 1 aromatic rings. The number of rotatable bonds is 2. The van der Waals surface area contributed by atoms with E-state index < -0.39 is 12.0 Å². The molecule has 1 saturated heterocycles. The van der Waals surface area contributed by atoms with Crippen LogP contribution in [0, 0.1) is 24.2 Å². The number of nitriles is 1. The SMILES string of the molecule is Cc1nc(C(=O)N2[C@H](C(=O)O)C[C@@H]3CCCC[C@@H]32)ccc1C#N. The normalized spacial score (nSPS) is 26.4. The summed E-state index contributed by atoms with van der Waals surface area (Å²) in [5.74, 6) is -1.01. The number of aliphatic carboxylic acids is 1. The summed E-state index contributed by atoms with van der Waals surface area (Å²) in [4.78, 5) is 30.2. The molecule has 3 rings (SSSR count). The maximum Gasteiger partial charge on any atom is 0.326 e. The van der Waals surface area contributed by atoms with Gasteiger partial charge in [-0.25, -0.2) is 9.78 Å². The Hall–Kier alpha value is -2.42. The van der Waals surface area contributed by atoms with Crippen molar-refractivity contribution in [2.24, 2.45) is 5.92 Å². The second kappa shape index (κ2) is 5.99. The molecule has 1 N–H and O–H groups in total. The minimum absolute atomic E-state index is 0.00454. The Morgan fingerprint density at radius 1 is 1.35 bits per heavy atom. The number of amides is 1. The quantitative estimate of drug-likeness (QED) is 0.902. The van der Waals surface area contributed by atoms with Crippen molar-refractivity contribution < 1.29 is 14.7 Å². The van der Waals surface area contributed by atoms with Gasteiger partial charge in [-0.2, -0.15) is 5.26 Å². The van der Waals surface area contributed by atoms with Crippen molar-refractivity contribution in [3.8, 4) is 6.07 Å². The molecule has 2 aliphatic rings. The number of hydrogen-bond acceptors (Lipinski definition) is 4. The van der Waals surface area contributed by atoms with E-state index in [0.717, 1.165) is 25.7 Å². The van der Waals surface area contributed by atoms with Crippen LogP contribution in [0.5, 0.6) is 0 Å². The summed E-state index contributed by atoms with van der Waals surface area (Å²) in [6.45, 7) is 1.68. The van der Waals surface area contributed by atoms with Gasteiger partial charge in [-0.05, 0) is 44.2 Å². The lowest BCUT2D eigenvalue weighted by atomic mass is 9.84. The maximum absolute atomic E-state index is 12.9. The number of aryl methyl sites for hydroxylation is 1. The summed E-state index contributed by atoms with van der Waals surface area (Å²) < 4.78 is 0. The number of aromatic nitrogens is 1. The number of carbonyl (C=O) groups excluding carboxylic acids is 1. The number of carboxylic acid groups (broad SMARTS) is 1. The summed E-state index contributed by atoms with van der Waals surface area (Å²) in [7, 11) is 0. The molecule has 2 heterocycles. The van der Waals surface area contributed by atoms with Gasteiger partial charge in [0.15, 0.2) is 0 Å². The first kappa shape index (κ1) is 15.5. The predicted molar refractivity (Wildman–Crippen MR) is 81.6 cm³/mol. The number of nitrogens with zero attached hydrogens (tertiary/aromatic N) is 3. The third kappa shape index (κ3) is 2.67. The van der Waals surface area contributed by atoms with E-state index in [1.54, 1.807) is 13.0 Å². The Morgan fingerprint density at radius 2 is 2.09 bits per heavy atom. The van der Waals surface area contributed by atoms with Crippen LogP contribution in [0.15, 0.2) is 12.1 Å². The van der Waals surface area contributed by atoms with Gasteiger partial charge in [-0.3, -0.25) is 4.79 Å². The molecule has 6 heteroatoms. The number of carboxylic acids is 1. The summed E-state index contributed by atoms with van der Waals surface area (Å²) >= 11 is 0. The van der Waals surface area contributed by atoms with Gasteiger partial charge >= 0.3 is 5.97 Å². The van der Waals surface area contributed by atoms with Crippen LogP contribution in [0.4, 0.5) is 0 Å². The monoisotopic (exact) mass is 313 g/mol. The molecule has 1 aliphatic carbocycles. The van der Waals surface area contributed by atoms with Gasteiger partial charge in [0.25, 0.3) is 5.91 Å². The topological polar surface area (TPSA) is 94.3 Å². The van der Waals surface area contributed by atoms with Crippen LogP contribution < -0.4 is 0 Å². The number of likely N-dealkylation sites (tertiary alicyclic amines) is 1. The highest BCUT2D eigenvalue weighted by atomic mass is 16.4. The van der Waals surface area contributed by atoms with Crippen molar-refractivity contribution in [2.45, 2.75) is 51.1 Å². The zero-order chi connectivity index (χ0) is 16.6. The number of pyridine rings is 1. The molecule has 1 aromatic heterocycles. The van der Waals surface area contributed by atoms with Crippen molar-refractivity contribution >= 4 is 11.9 Å². The van der Waals surface area contributed by atoms with Crippen molar-refractivity contribution in [3.05, 3.63) is 29.1 Å². The zero-order valence-corrected chi connectivity index (χ0v) is 13.0. The van der Waals surface area contributed by atoms with Gasteiger partial charge in [0.1, 0.15) is 17.8 Å². The van der Waals surface area contributed by atoms with Crippen molar-refractivity contribution in [1.29, 1.82) is 5.26 Å². The molecule has 1 aliphatic heterocycles. The van der Waals surface area contributed by atoms with Crippen molar-refractivity contribution in [3.63, 3.8) is 0 Å². The van der Waals surface area contributed by atoms with E-state index in [1.165, 1.54) is 11.0 Å². The Bertz CT molecular complexity index is 695. The Kier molecular flexibility index (Phi) is 4.03. The molecule has 6 nitrogen and oxygen atoms in total. The van der Waals surface area contributed by atoms with E-state index in [-0.39, 0.29) is 23.6 Å². The van der Waals surface area contributed by atoms with E-state index in [0.29, 0.717) is 17.7 Å². The van der Waals surface area contributed by atoms with E-state index >= 15 is 0 Å². The molecule has 120 valence electrons. The van der Waals surface area contributed by atoms with Crippen molar-refractivity contribution in [2.75, 3.05) is 0 Å². The first-order chi connectivity index (χ1) is 11.0. The molecule has 1 amide bonds. The molecule has 2 fully saturated rings. The van der Waals surface area contributed by atoms with E-state index in [1.807, 2.05) is 6.07 Å². The largest absolute Gasteiger partial charge is 0.480 e. The number of carbonyl (C=O) groups is 2. The van der Waals surface area contributed by atoms with Crippen LogP contribution in [-0.4, -0.2) is 39.0 Å². The van der Waals surface area contributed by atoms with Crippen LogP contribution in [0.25, 0.3) is 0 Å². The third-order valence-electron chi connectivity index (χ3n) is 5.03. The molecule has 23 heavy (non-hydrogen) atoms. The Morgan fingerprint density at radius 3 is 2.74 bits per heavy atom. The van der Waals surface area contributed by atoms with E-state index in [9.17, 15) is 14.7 Å². The molecule has 0 bridgehead atoms. The fraction of sp³-hybridized carbons (Fsp3) is 0.529. The second-order valence-electron chi connectivity index (χ2n) is 6.36. The van der Waals surface area contributed by atoms with Crippen LogP contribution in [-0.2, 0) is 4.79 Å². The highest BCUT2D eigenvalue weighted by molar-refractivity contribution is 5.95. The Balaban J connectivity index is 1.93. The molecule has 0 aromatic carbocycles. The van der Waals surface area contributed by atoms with Gasteiger partial charge in [0.2, 0.25) is 0 Å². The van der Waals surface area contributed by atoms with Crippen LogP contribution in [0.3, 0.4) is 0 Å². The number of hydrogen-bond donors (Lipinski definition) is 1. The van der Waals surface area contributed by atoms with Gasteiger partial charge in [-0.15, -0.1) is 0 Å². The summed E-state index contributed by atoms with van der Waals surface area (Å²) in [6.07, 6.45) is 4.50. The molecule has 0 radical (unpaired) electrons. The van der Waals surface area contributed by atoms with Gasteiger partial charge in [0.05, 0.1) is 11.3 Å². The Labute approximate surface area is 134 Å². The molecule has 0 unspecified atom stereocenters. The minimum Gasteiger partial charge on any atom is -0.480 e.